The maximum Gasteiger partial charge on any atom is 0.231 e. The molecule has 7 nitrogen and oxygen atoms in total. The zero-order valence-electron chi connectivity index (χ0n) is 17.5. The Kier molecular flexibility index (Phi) is 5.34. The van der Waals surface area contributed by atoms with Gasteiger partial charge >= 0.3 is 0 Å². The topological polar surface area (TPSA) is 61.7 Å². The van der Waals surface area contributed by atoms with E-state index in [9.17, 15) is 9.59 Å². The molecule has 0 bridgehead atoms. The summed E-state index contributed by atoms with van der Waals surface area (Å²) in [5, 5.41) is 4.44. The van der Waals surface area contributed by atoms with Crippen LogP contribution >= 0.6 is 0 Å². The molecular weight excluding hydrogens is 342 g/mol. The summed E-state index contributed by atoms with van der Waals surface area (Å²) in [6.07, 6.45) is 0.425. The molecule has 3 heterocycles. The molecule has 0 radical (unpaired) electrons. The van der Waals surface area contributed by atoms with E-state index in [1.54, 1.807) is 4.90 Å². The minimum atomic E-state index is -0.457. The predicted octanol–water partition coefficient (Wildman–Crippen LogP) is 1.15. The summed E-state index contributed by atoms with van der Waals surface area (Å²) in [6, 6.07) is 2.44. The van der Waals surface area contributed by atoms with E-state index < -0.39 is 5.41 Å². The van der Waals surface area contributed by atoms with Crippen LogP contribution in [0, 0.1) is 25.2 Å². The lowest BCUT2D eigenvalue weighted by Crippen LogP contribution is -2.48. The zero-order chi connectivity index (χ0) is 19.9. The second-order valence-corrected chi connectivity index (χ2v) is 8.75. The van der Waals surface area contributed by atoms with Crippen LogP contribution in [0.15, 0.2) is 6.07 Å². The zero-order valence-corrected chi connectivity index (χ0v) is 17.5. The van der Waals surface area contributed by atoms with Crippen molar-refractivity contribution in [2.75, 3.05) is 40.3 Å². The van der Waals surface area contributed by atoms with Crippen LogP contribution in [-0.4, -0.2) is 82.6 Å². The third-order valence-electron chi connectivity index (χ3n) is 6.19. The van der Waals surface area contributed by atoms with Crippen molar-refractivity contribution in [1.82, 2.24) is 24.5 Å². The van der Waals surface area contributed by atoms with Gasteiger partial charge in [-0.1, -0.05) is 0 Å². The molecule has 2 aliphatic heterocycles. The van der Waals surface area contributed by atoms with Gasteiger partial charge in [0.2, 0.25) is 11.8 Å². The molecule has 27 heavy (non-hydrogen) atoms. The molecular formula is C20H33N5O2. The normalized spacial score (nSPS) is 25.3. The molecule has 2 amide bonds. The van der Waals surface area contributed by atoms with Crippen LogP contribution in [0.3, 0.4) is 0 Å². The Labute approximate surface area is 162 Å². The minimum absolute atomic E-state index is 0.124. The molecule has 1 aromatic heterocycles. The highest BCUT2D eigenvalue weighted by atomic mass is 16.2. The quantitative estimate of drug-likeness (QED) is 0.775. The average Bonchev–Trinajstić information content (AvgIpc) is 3.21. The molecule has 7 heteroatoms. The fourth-order valence-electron chi connectivity index (χ4n) is 4.70. The summed E-state index contributed by atoms with van der Waals surface area (Å²) in [5.41, 5.74) is 1.59. The highest BCUT2D eigenvalue weighted by Crippen LogP contribution is 2.44. The van der Waals surface area contributed by atoms with Gasteiger partial charge in [0.05, 0.1) is 11.1 Å². The van der Waals surface area contributed by atoms with Gasteiger partial charge in [-0.25, -0.2) is 0 Å². The second kappa shape index (κ2) is 7.26. The van der Waals surface area contributed by atoms with Gasteiger partial charge in [-0.3, -0.25) is 19.2 Å². The highest BCUT2D eigenvalue weighted by Gasteiger charge is 2.58. The van der Waals surface area contributed by atoms with E-state index in [1.807, 2.05) is 43.6 Å². The summed E-state index contributed by atoms with van der Waals surface area (Å²) >= 11 is 0. The van der Waals surface area contributed by atoms with Crippen molar-refractivity contribution >= 4 is 11.8 Å². The molecule has 2 saturated heterocycles. The standard InChI is InChI=1S/C20H33N5O2/c1-14(2)23-10-17-11-24(13-20(17,12-23)19(27)22(5)6)18(26)7-8-25-16(4)9-15(3)21-25/h9,14,17H,7-8,10-13H2,1-6H3/t17-,20-/m0/s1. The molecule has 0 N–H and O–H groups in total. The summed E-state index contributed by atoms with van der Waals surface area (Å²) < 4.78 is 1.89. The average molecular weight is 376 g/mol. The maximum atomic E-state index is 13.1. The molecule has 1 aromatic rings. The number of nitrogens with zero attached hydrogens (tertiary/aromatic N) is 5. The first kappa shape index (κ1) is 19.9. The number of carbonyl (C=O) groups excluding carboxylic acids is 2. The fraction of sp³-hybridized carbons (Fsp3) is 0.750. The molecule has 2 atom stereocenters. The smallest absolute Gasteiger partial charge is 0.231 e. The van der Waals surface area contributed by atoms with E-state index in [0.29, 0.717) is 32.1 Å². The van der Waals surface area contributed by atoms with E-state index >= 15 is 0 Å². The highest BCUT2D eigenvalue weighted by molar-refractivity contribution is 5.86. The molecule has 0 spiro atoms. The lowest BCUT2D eigenvalue weighted by molar-refractivity contribution is -0.140. The summed E-state index contributed by atoms with van der Waals surface area (Å²) in [7, 11) is 3.64. The molecule has 0 aromatic carbocycles. The van der Waals surface area contributed by atoms with Gasteiger partial charge in [-0.05, 0) is 33.8 Å². The largest absolute Gasteiger partial charge is 0.348 e. The van der Waals surface area contributed by atoms with Gasteiger partial charge < -0.3 is 9.80 Å². The Hall–Kier alpha value is -1.89. The van der Waals surface area contributed by atoms with Crippen LogP contribution in [0.2, 0.25) is 0 Å². The van der Waals surface area contributed by atoms with Gasteiger partial charge in [-0.15, -0.1) is 0 Å². The number of fused-ring (bicyclic) bond motifs is 1. The van der Waals surface area contributed by atoms with E-state index in [1.165, 1.54) is 0 Å². The van der Waals surface area contributed by atoms with E-state index in [-0.39, 0.29) is 17.7 Å². The van der Waals surface area contributed by atoms with E-state index in [2.05, 4.69) is 23.8 Å². The summed E-state index contributed by atoms with van der Waals surface area (Å²) in [5.74, 6) is 0.496. The van der Waals surface area contributed by atoms with Crippen LogP contribution in [0.1, 0.15) is 31.7 Å². The van der Waals surface area contributed by atoms with Crippen molar-refractivity contribution in [1.29, 1.82) is 0 Å². The van der Waals surface area contributed by atoms with Gasteiger partial charge in [0.1, 0.15) is 0 Å². The Morgan fingerprint density at radius 2 is 1.96 bits per heavy atom. The van der Waals surface area contributed by atoms with Crippen molar-refractivity contribution in [3.63, 3.8) is 0 Å². The van der Waals surface area contributed by atoms with E-state index in [0.717, 1.165) is 24.5 Å². The first-order valence-electron chi connectivity index (χ1n) is 9.88. The predicted molar refractivity (Wildman–Crippen MR) is 104 cm³/mol. The van der Waals surface area contributed by atoms with Crippen molar-refractivity contribution < 1.29 is 9.59 Å². The van der Waals surface area contributed by atoms with Crippen LogP contribution in [0.5, 0.6) is 0 Å². The number of hydrogen-bond donors (Lipinski definition) is 0. The van der Waals surface area contributed by atoms with E-state index in [4.69, 9.17) is 0 Å². The number of rotatable bonds is 5. The van der Waals surface area contributed by atoms with Gasteiger partial charge in [0.25, 0.3) is 0 Å². The van der Waals surface area contributed by atoms with Crippen LogP contribution in [0.4, 0.5) is 0 Å². The van der Waals surface area contributed by atoms with Crippen molar-refractivity contribution in [3.05, 3.63) is 17.5 Å². The molecule has 0 unspecified atom stereocenters. The molecule has 0 aliphatic carbocycles. The first-order chi connectivity index (χ1) is 12.6. The van der Waals surface area contributed by atoms with Gasteiger partial charge in [0.15, 0.2) is 0 Å². The number of carbonyl (C=O) groups is 2. The lowest BCUT2D eigenvalue weighted by Gasteiger charge is -2.31. The Morgan fingerprint density at radius 3 is 2.52 bits per heavy atom. The fourth-order valence-corrected chi connectivity index (χ4v) is 4.70. The van der Waals surface area contributed by atoms with Crippen molar-refractivity contribution in [2.24, 2.45) is 11.3 Å². The Morgan fingerprint density at radius 1 is 1.26 bits per heavy atom. The minimum Gasteiger partial charge on any atom is -0.348 e. The first-order valence-corrected chi connectivity index (χ1v) is 9.88. The van der Waals surface area contributed by atoms with Crippen molar-refractivity contribution in [3.8, 4) is 0 Å². The number of aromatic nitrogens is 2. The van der Waals surface area contributed by atoms with Gasteiger partial charge in [0, 0.05) is 70.9 Å². The summed E-state index contributed by atoms with van der Waals surface area (Å²) in [4.78, 5) is 31.9. The molecule has 2 aliphatic rings. The molecule has 150 valence electrons. The van der Waals surface area contributed by atoms with Crippen molar-refractivity contribution in [2.45, 2.75) is 46.7 Å². The Bertz CT molecular complexity index is 726. The SMILES string of the molecule is Cc1cc(C)n(CCC(=O)N2C[C@@H]3CN(C(C)C)C[C@]3(C(=O)N(C)C)C2)n1. The third-order valence-corrected chi connectivity index (χ3v) is 6.19. The van der Waals surface area contributed by atoms with Gasteiger partial charge in [-0.2, -0.15) is 5.10 Å². The number of amides is 2. The molecule has 0 saturated carbocycles. The third kappa shape index (κ3) is 3.61. The number of likely N-dealkylation sites (tertiary alicyclic amines) is 2. The lowest BCUT2D eigenvalue weighted by atomic mass is 9.79. The molecule has 3 rings (SSSR count). The molecule has 2 fully saturated rings. The van der Waals surface area contributed by atoms with Crippen LogP contribution < -0.4 is 0 Å². The number of aryl methyl sites for hydroxylation is 3. The van der Waals surface area contributed by atoms with Crippen LogP contribution in [-0.2, 0) is 16.1 Å². The van der Waals surface area contributed by atoms with Crippen LogP contribution in [0.25, 0.3) is 0 Å². The monoisotopic (exact) mass is 375 g/mol. The second-order valence-electron chi connectivity index (χ2n) is 8.75. The maximum absolute atomic E-state index is 13.1. The summed E-state index contributed by atoms with van der Waals surface area (Å²) in [6.45, 7) is 11.8. The Balaban J connectivity index is 1.70. The number of hydrogen-bond acceptors (Lipinski definition) is 4.